The Labute approximate surface area is 224 Å². The molecule has 0 aliphatic carbocycles. The number of aromatic nitrogens is 2. The summed E-state index contributed by atoms with van der Waals surface area (Å²) in [6, 6.07) is 2.76. The number of nitrogens with zero attached hydrogens (tertiary/aromatic N) is 5. The van der Waals surface area contributed by atoms with Gasteiger partial charge in [0.25, 0.3) is 5.91 Å². The first kappa shape index (κ1) is 25.6. The lowest BCUT2D eigenvalue weighted by Crippen LogP contribution is -2.57. The predicted octanol–water partition coefficient (Wildman–Crippen LogP) is 2.68. The average Bonchev–Trinajstić information content (AvgIpc) is 3.42. The number of aryl methyl sites for hydroxylation is 1. The van der Waals surface area contributed by atoms with E-state index in [1.165, 1.54) is 12.2 Å². The fourth-order valence-electron chi connectivity index (χ4n) is 5.28. The average molecular weight is 555 g/mol. The van der Waals surface area contributed by atoms with Crippen LogP contribution in [0.3, 0.4) is 0 Å². The van der Waals surface area contributed by atoms with Gasteiger partial charge in [-0.05, 0) is 24.1 Å². The molecular formula is C26H21ClF2N6O2S. The summed E-state index contributed by atoms with van der Waals surface area (Å²) in [5.41, 5.74) is 6.37. The van der Waals surface area contributed by atoms with Crippen molar-refractivity contribution in [2.75, 3.05) is 25.4 Å². The fraction of sp³-hybridized carbons (Fsp3) is 0.231. The highest BCUT2D eigenvalue weighted by molar-refractivity contribution is 7.14. The molecule has 0 saturated carbocycles. The van der Waals surface area contributed by atoms with Crippen LogP contribution in [0.1, 0.15) is 27.9 Å². The molecule has 38 heavy (non-hydrogen) atoms. The minimum atomic E-state index is -0.812. The van der Waals surface area contributed by atoms with Gasteiger partial charge in [0.15, 0.2) is 5.15 Å². The maximum Gasteiger partial charge on any atom is 0.256 e. The molecule has 0 spiro atoms. The highest BCUT2D eigenvalue weighted by Crippen LogP contribution is 2.37. The lowest BCUT2D eigenvalue weighted by atomic mass is 9.94. The molecule has 0 bridgehead atoms. The molecule has 194 valence electrons. The zero-order valence-electron chi connectivity index (χ0n) is 20.0. The number of carbonyl (C=O) groups excluding carboxylic acids is 2. The van der Waals surface area contributed by atoms with Crippen molar-refractivity contribution in [2.24, 2.45) is 0 Å². The summed E-state index contributed by atoms with van der Waals surface area (Å²) >= 11 is 7.41. The van der Waals surface area contributed by atoms with Crippen molar-refractivity contribution < 1.29 is 18.4 Å². The zero-order valence-corrected chi connectivity index (χ0v) is 21.6. The van der Waals surface area contributed by atoms with Crippen LogP contribution >= 0.6 is 22.9 Å². The summed E-state index contributed by atoms with van der Waals surface area (Å²) in [6.45, 7) is 8.56. The number of carbonyl (C=O) groups is 2. The minimum absolute atomic E-state index is 0.0130. The van der Waals surface area contributed by atoms with E-state index in [0.29, 0.717) is 37.9 Å². The van der Waals surface area contributed by atoms with Crippen LogP contribution in [-0.4, -0.2) is 57.1 Å². The number of piperazine rings is 1. The normalized spacial score (nSPS) is 18.5. The first-order valence-electron chi connectivity index (χ1n) is 11.6. The van der Waals surface area contributed by atoms with Crippen LogP contribution in [0.15, 0.2) is 31.4 Å². The fourth-order valence-corrected chi connectivity index (χ4v) is 6.40. The number of fused-ring (bicyclic) bond motifs is 1. The molecule has 2 N–H and O–H groups in total. The van der Waals surface area contributed by atoms with E-state index < -0.39 is 11.7 Å². The van der Waals surface area contributed by atoms with Crippen molar-refractivity contribution in [1.82, 2.24) is 19.6 Å². The van der Waals surface area contributed by atoms with Gasteiger partial charge in [0.2, 0.25) is 5.91 Å². The number of nitrogen functional groups attached to an aromatic ring is 1. The van der Waals surface area contributed by atoms with E-state index >= 15 is 4.39 Å². The number of benzene rings is 1. The molecule has 2 aliphatic heterocycles. The summed E-state index contributed by atoms with van der Waals surface area (Å²) in [5, 5.41) is 14.3. The Hall–Kier alpha value is -4.01. The second kappa shape index (κ2) is 9.70. The molecule has 5 rings (SSSR count). The van der Waals surface area contributed by atoms with Crippen molar-refractivity contribution in [3.63, 3.8) is 0 Å². The van der Waals surface area contributed by atoms with Gasteiger partial charge in [-0.15, -0.1) is 11.3 Å². The van der Waals surface area contributed by atoms with Gasteiger partial charge < -0.3 is 15.5 Å². The maximum atomic E-state index is 16.0. The van der Waals surface area contributed by atoms with Crippen molar-refractivity contribution >= 4 is 62.6 Å². The molecule has 1 atom stereocenters. The molecule has 1 fully saturated rings. The van der Waals surface area contributed by atoms with Gasteiger partial charge >= 0.3 is 0 Å². The lowest BCUT2D eigenvalue weighted by Gasteiger charge is -2.42. The number of anilines is 1. The van der Waals surface area contributed by atoms with E-state index in [1.54, 1.807) is 14.5 Å². The third-order valence-electron chi connectivity index (χ3n) is 6.98. The first-order chi connectivity index (χ1) is 18.2. The Morgan fingerprint density at radius 1 is 1.32 bits per heavy atom. The number of nitriles is 1. The Morgan fingerprint density at radius 3 is 2.74 bits per heavy atom. The highest BCUT2D eigenvalue weighted by atomic mass is 35.5. The molecule has 2 amide bonds. The number of allylic oxidation sites excluding steroid dienone is 1. The van der Waals surface area contributed by atoms with E-state index in [4.69, 9.17) is 17.3 Å². The Bertz CT molecular complexity index is 1720. The van der Waals surface area contributed by atoms with Crippen LogP contribution in [0, 0.1) is 17.1 Å². The molecule has 1 saturated heterocycles. The van der Waals surface area contributed by atoms with Crippen molar-refractivity contribution in [1.29, 1.82) is 5.26 Å². The number of nitrogens with two attached hydrogens (primary N) is 1. The third kappa shape index (κ3) is 3.79. The van der Waals surface area contributed by atoms with Gasteiger partial charge in [0.05, 0.1) is 32.6 Å². The monoisotopic (exact) mass is 554 g/mol. The number of halogens is 3. The molecule has 12 heteroatoms. The summed E-state index contributed by atoms with van der Waals surface area (Å²) in [6.07, 6.45) is 3.32. The summed E-state index contributed by atoms with van der Waals surface area (Å²) in [4.78, 5) is 29.2. The molecule has 8 nitrogen and oxygen atoms in total. The topological polar surface area (TPSA) is 108 Å². The summed E-state index contributed by atoms with van der Waals surface area (Å²) in [5.74, 6) is -1.44. The van der Waals surface area contributed by atoms with Crippen molar-refractivity contribution in [3.8, 4) is 6.07 Å². The van der Waals surface area contributed by atoms with E-state index in [2.05, 4.69) is 18.3 Å². The Balaban J connectivity index is 1.77. The predicted molar refractivity (Wildman–Crippen MR) is 142 cm³/mol. The quantitative estimate of drug-likeness (QED) is 0.501. The lowest BCUT2D eigenvalue weighted by molar-refractivity contribution is -0.128. The van der Waals surface area contributed by atoms with Crippen LogP contribution in [0.2, 0.25) is 5.15 Å². The summed E-state index contributed by atoms with van der Waals surface area (Å²) < 4.78 is 31.4. The molecule has 1 aromatic carbocycles. The molecule has 4 heterocycles. The SMILES string of the molecule is C=CC(=O)N1CCN2C(=O)c3cc(F)c(/C(C=C)=c4\c(C#N)c(N)s\c4=C/F)c4c(Cl)nn(c34)CC[C@H]2C1. The van der Waals surface area contributed by atoms with Gasteiger partial charge in [0.1, 0.15) is 23.2 Å². The van der Waals surface area contributed by atoms with Gasteiger partial charge in [-0.3, -0.25) is 14.3 Å². The molecule has 0 radical (unpaired) electrons. The van der Waals surface area contributed by atoms with E-state index in [1.807, 2.05) is 6.07 Å². The molecule has 0 unspecified atom stereocenters. The molecule has 2 aromatic heterocycles. The van der Waals surface area contributed by atoms with Crippen molar-refractivity contribution in [3.05, 3.63) is 68.8 Å². The standard InChI is InChI=1S/C26H21ClF2N6O2S/c1-3-14(20-16(11-30)25(31)38-18(20)10-28)21-17(29)9-15-23-22(21)24(27)32-35(23)6-5-13-12-33(19(36)4-2)7-8-34(13)26(15)37/h3-4,9-10,13H,1-2,5-8,12,31H2/b18-10-,20-14+/t13-/m0/s1. The number of rotatable bonds is 3. The third-order valence-corrected chi connectivity index (χ3v) is 8.18. The van der Waals surface area contributed by atoms with Gasteiger partial charge in [-0.2, -0.15) is 10.4 Å². The van der Waals surface area contributed by atoms with Crippen LogP contribution in [0.25, 0.3) is 22.8 Å². The molecule has 3 aromatic rings. The molecular weight excluding hydrogens is 534 g/mol. The maximum absolute atomic E-state index is 16.0. The van der Waals surface area contributed by atoms with Crippen molar-refractivity contribution in [2.45, 2.75) is 19.0 Å². The first-order valence-corrected chi connectivity index (χ1v) is 12.8. The number of amides is 2. The van der Waals surface area contributed by atoms with Gasteiger partial charge in [-0.25, -0.2) is 8.78 Å². The highest BCUT2D eigenvalue weighted by Gasteiger charge is 2.36. The number of hydrogen-bond acceptors (Lipinski definition) is 6. The minimum Gasteiger partial charge on any atom is -0.389 e. The smallest absolute Gasteiger partial charge is 0.256 e. The number of hydrogen-bond donors (Lipinski definition) is 1. The van der Waals surface area contributed by atoms with Crippen LogP contribution in [0.5, 0.6) is 0 Å². The Kier molecular flexibility index (Phi) is 6.54. The van der Waals surface area contributed by atoms with Gasteiger partial charge in [0, 0.05) is 37.0 Å². The van der Waals surface area contributed by atoms with Crippen LogP contribution in [-0.2, 0) is 11.3 Å². The van der Waals surface area contributed by atoms with Crippen LogP contribution in [0.4, 0.5) is 13.8 Å². The van der Waals surface area contributed by atoms with Crippen LogP contribution < -0.4 is 15.5 Å². The van der Waals surface area contributed by atoms with E-state index in [0.717, 1.165) is 17.4 Å². The van der Waals surface area contributed by atoms with E-state index in [9.17, 15) is 19.2 Å². The zero-order chi connectivity index (χ0) is 27.3. The summed E-state index contributed by atoms with van der Waals surface area (Å²) in [7, 11) is 0. The largest absolute Gasteiger partial charge is 0.389 e. The second-order valence-corrected chi connectivity index (χ2v) is 10.3. The van der Waals surface area contributed by atoms with Gasteiger partial charge in [-0.1, -0.05) is 30.8 Å². The number of thiophene rings is 1. The second-order valence-electron chi connectivity index (χ2n) is 8.87. The van der Waals surface area contributed by atoms with E-state index in [-0.39, 0.29) is 66.0 Å². The molecule has 2 aliphatic rings. The Morgan fingerprint density at radius 2 is 2.08 bits per heavy atom.